The molecule has 1 saturated heterocycles. The van der Waals surface area contributed by atoms with E-state index in [9.17, 15) is 14.0 Å². The summed E-state index contributed by atoms with van der Waals surface area (Å²) < 4.78 is 18.9. The predicted octanol–water partition coefficient (Wildman–Crippen LogP) is 4.50. The Bertz CT molecular complexity index is 1150. The number of carbonyl (C=O) groups is 1. The fourth-order valence-corrected chi connectivity index (χ4v) is 3.93. The number of carbonyl (C=O) groups excluding carboxylic acids is 1. The maximum Gasteiger partial charge on any atom is 0.322 e. The zero-order valence-electron chi connectivity index (χ0n) is 17.7. The second-order valence-corrected chi connectivity index (χ2v) is 8.06. The van der Waals surface area contributed by atoms with Gasteiger partial charge in [-0.25, -0.2) is 9.18 Å². The number of H-pyrrole nitrogens is 1. The first-order valence-electron chi connectivity index (χ1n) is 10.5. The van der Waals surface area contributed by atoms with Crippen LogP contribution >= 0.6 is 0 Å². The Kier molecular flexibility index (Phi) is 6.04. The van der Waals surface area contributed by atoms with Crippen molar-refractivity contribution >= 4 is 22.6 Å². The summed E-state index contributed by atoms with van der Waals surface area (Å²) in [7, 11) is 0. The molecule has 0 unspecified atom stereocenters. The topological polar surface area (TPSA) is 74.4 Å². The zero-order chi connectivity index (χ0) is 22.0. The maximum absolute atomic E-state index is 13.2. The van der Waals surface area contributed by atoms with Crippen LogP contribution in [0.1, 0.15) is 29.5 Å². The summed E-state index contributed by atoms with van der Waals surface area (Å²) in [6.07, 6.45) is 1.75. The predicted molar refractivity (Wildman–Crippen MR) is 119 cm³/mol. The lowest BCUT2D eigenvalue weighted by molar-refractivity contribution is 0.0818. The number of aromatic amines is 1. The Morgan fingerprint density at radius 2 is 1.94 bits per heavy atom. The van der Waals surface area contributed by atoms with Crippen LogP contribution in [0, 0.1) is 19.7 Å². The lowest BCUT2D eigenvalue weighted by Crippen LogP contribution is -2.40. The Balaban J connectivity index is 1.63. The van der Waals surface area contributed by atoms with Gasteiger partial charge in [-0.3, -0.25) is 4.79 Å². The molecule has 3 aromatic rings. The normalized spacial score (nSPS) is 15.9. The Morgan fingerprint density at radius 3 is 2.65 bits per heavy atom. The van der Waals surface area contributed by atoms with Gasteiger partial charge in [0.15, 0.2) is 0 Å². The largest absolute Gasteiger partial charge is 0.376 e. The lowest BCUT2D eigenvalue weighted by Gasteiger charge is -2.26. The van der Waals surface area contributed by atoms with E-state index in [-0.39, 0.29) is 30.1 Å². The lowest BCUT2D eigenvalue weighted by atomic mass is 10.0. The molecule has 31 heavy (non-hydrogen) atoms. The van der Waals surface area contributed by atoms with Crippen molar-refractivity contribution in [3.8, 4) is 0 Å². The molecule has 7 heteroatoms. The summed E-state index contributed by atoms with van der Waals surface area (Å²) in [4.78, 5) is 30.4. The number of halogens is 1. The van der Waals surface area contributed by atoms with Crippen molar-refractivity contribution in [2.45, 2.75) is 39.3 Å². The highest BCUT2D eigenvalue weighted by Gasteiger charge is 2.24. The van der Waals surface area contributed by atoms with Crippen molar-refractivity contribution in [3.63, 3.8) is 0 Å². The van der Waals surface area contributed by atoms with Gasteiger partial charge in [0, 0.05) is 29.8 Å². The van der Waals surface area contributed by atoms with Crippen LogP contribution in [0.4, 0.5) is 14.9 Å². The number of anilines is 1. The van der Waals surface area contributed by atoms with Crippen molar-refractivity contribution in [2.75, 3.05) is 18.5 Å². The van der Waals surface area contributed by atoms with Crippen LogP contribution in [0.5, 0.6) is 0 Å². The molecule has 6 nitrogen and oxygen atoms in total. The minimum absolute atomic E-state index is 0.0671. The highest BCUT2D eigenvalue weighted by atomic mass is 19.1. The number of fused-ring (bicyclic) bond motifs is 1. The third kappa shape index (κ3) is 4.77. The van der Waals surface area contributed by atoms with Crippen LogP contribution in [0.3, 0.4) is 0 Å². The van der Waals surface area contributed by atoms with Gasteiger partial charge in [-0.1, -0.05) is 12.1 Å². The van der Waals surface area contributed by atoms with Crippen molar-refractivity contribution < 1.29 is 13.9 Å². The quantitative estimate of drug-likeness (QED) is 0.635. The Labute approximate surface area is 180 Å². The van der Waals surface area contributed by atoms with Gasteiger partial charge < -0.3 is 19.9 Å². The molecule has 0 radical (unpaired) electrons. The van der Waals surface area contributed by atoms with Crippen molar-refractivity contribution in [2.24, 2.45) is 0 Å². The van der Waals surface area contributed by atoms with Gasteiger partial charge in [0.1, 0.15) is 5.82 Å². The first-order valence-corrected chi connectivity index (χ1v) is 10.5. The molecule has 0 saturated carbocycles. The van der Waals surface area contributed by atoms with Crippen molar-refractivity contribution in [3.05, 3.63) is 75.3 Å². The van der Waals surface area contributed by atoms with E-state index < -0.39 is 0 Å². The van der Waals surface area contributed by atoms with Crippen LogP contribution in [0.15, 0.2) is 47.3 Å². The van der Waals surface area contributed by atoms with Gasteiger partial charge >= 0.3 is 6.03 Å². The number of nitrogens with zero attached hydrogens (tertiary/aromatic N) is 1. The minimum atomic E-state index is -0.373. The van der Waals surface area contributed by atoms with Crippen LogP contribution in [0.2, 0.25) is 0 Å². The van der Waals surface area contributed by atoms with E-state index in [1.54, 1.807) is 4.90 Å². The molecule has 2 heterocycles. The zero-order valence-corrected chi connectivity index (χ0v) is 17.7. The number of ether oxygens (including phenoxy) is 1. The number of aromatic nitrogens is 1. The first-order chi connectivity index (χ1) is 14.9. The number of urea groups is 1. The van der Waals surface area contributed by atoms with Gasteiger partial charge in [-0.05, 0) is 68.1 Å². The molecule has 4 rings (SSSR count). The van der Waals surface area contributed by atoms with Crippen LogP contribution < -0.4 is 10.9 Å². The number of hydrogen-bond acceptors (Lipinski definition) is 3. The smallest absolute Gasteiger partial charge is 0.322 e. The standard InChI is InChI=1S/C24H26FN3O3/c1-15-5-6-16(2)22-21(15)12-17(23(29)27-22)13-28(14-20-4-3-11-31-20)24(30)26-19-9-7-18(25)8-10-19/h5-10,12,20H,3-4,11,13-14H2,1-2H3,(H,26,30)(H,27,29)/t20-/m0/s1. The van der Waals surface area contributed by atoms with E-state index >= 15 is 0 Å². The number of aryl methyl sites for hydroxylation is 2. The second kappa shape index (κ2) is 8.89. The van der Waals surface area contributed by atoms with E-state index in [2.05, 4.69) is 10.3 Å². The summed E-state index contributed by atoms with van der Waals surface area (Å²) in [5.41, 5.74) is 3.65. The van der Waals surface area contributed by atoms with E-state index in [1.165, 1.54) is 24.3 Å². The fourth-order valence-electron chi connectivity index (χ4n) is 3.93. The molecule has 2 N–H and O–H groups in total. The number of nitrogens with one attached hydrogen (secondary N) is 2. The average molecular weight is 423 g/mol. The van der Waals surface area contributed by atoms with E-state index in [0.717, 1.165) is 34.9 Å². The number of benzene rings is 2. The maximum atomic E-state index is 13.2. The van der Waals surface area contributed by atoms with Gasteiger partial charge in [0.05, 0.1) is 18.2 Å². The molecule has 1 aromatic heterocycles. The second-order valence-electron chi connectivity index (χ2n) is 8.06. The van der Waals surface area contributed by atoms with Gasteiger partial charge in [-0.2, -0.15) is 0 Å². The van der Waals surface area contributed by atoms with Gasteiger partial charge in [0.2, 0.25) is 0 Å². The summed E-state index contributed by atoms with van der Waals surface area (Å²) in [6.45, 7) is 5.14. The monoisotopic (exact) mass is 423 g/mol. The Hall–Kier alpha value is -3.19. The molecular formula is C24H26FN3O3. The van der Waals surface area contributed by atoms with Crippen LogP contribution in [-0.4, -0.2) is 35.2 Å². The number of hydrogen-bond donors (Lipinski definition) is 2. The van der Waals surface area contributed by atoms with E-state index in [4.69, 9.17) is 4.74 Å². The molecule has 2 amide bonds. The molecule has 1 atom stereocenters. The molecular weight excluding hydrogens is 397 g/mol. The third-order valence-corrected chi connectivity index (χ3v) is 5.71. The molecule has 1 fully saturated rings. The van der Waals surface area contributed by atoms with E-state index in [1.807, 2.05) is 32.0 Å². The van der Waals surface area contributed by atoms with Gasteiger partial charge in [-0.15, -0.1) is 0 Å². The number of pyridine rings is 1. The average Bonchev–Trinajstić information content (AvgIpc) is 3.26. The summed E-state index contributed by atoms with van der Waals surface area (Å²) in [6, 6.07) is 11.1. The molecule has 1 aliphatic heterocycles. The van der Waals surface area contributed by atoms with Gasteiger partial charge in [0.25, 0.3) is 5.56 Å². The third-order valence-electron chi connectivity index (χ3n) is 5.71. The summed E-state index contributed by atoms with van der Waals surface area (Å²) >= 11 is 0. The molecule has 1 aliphatic rings. The molecule has 0 spiro atoms. The Morgan fingerprint density at radius 1 is 1.19 bits per heavy atom. The van der Waals surface area contributed by atoms with Crippen molar-refractivity contribution in [1.82, 2.24) is 9.88 Å². The van der Waals surface area contributed by atoms with Crippen molar-refractivity contribution in [1.29, 1.82) is 0 Å². The van der Waals surface area contributed by atoms with Crippen LogP contribution in [-0.2, 0) is 11.3 Å². The van der Waals surface area contributed by atoms with E-state index in [0.29, 0.717) is 24.4 Å². The summed E-state index contributed by atoms with van der Waals surface area (Å²) in [5, 5.41) is 3.76. The molecule has 0 bridgehead atoms. The highest BCUT2D eigenvalue weighted by Crippen LogP contribution is 2.21. The number of rotatable bonds is 5. The molecule has 2 aromatic carbocycles. The number of amides is 2. The highest BCUT2D eigenvalue weighted by molar-refractivity contribution is 5.89. The SMILES string of the molecule is Cc1ccc(C)c2[nH]c(=O)c(CN(C[C@@H]3CCCO3)C(=O)Nc3ccc(F)cc3)cc12. The first kappa shape index (κ1) is 21.1. The molecule has 0 aliphatic carbocycles. The van der Waals surface area contributed by atoms with Crippen LogP contribution in [0.25, 0.3) is 10.9 Å². The minimum Gasteiger partial charge on any atom is -0.376 e. The fraction of sp³-hybridized carbons (Fsp3) is 0.333. The summed E-state index contributed by atoms with van der Waals surface area (Å²) in [5.74, 6) is -0.373. The molecule has 162 valence electrons.